The number of ether oxygens (including phenoxy) is 2. The minimum absolute atomic E-state index is 0.119. The number of hydrogen-bond donors (Lipinski definition) is 2. The molecule has 0 aliphatic heterocycles. The van der Waals surface area contributed by atoms with Crippen molar-refractivity contribution in [3.8, 4) is 17.8 Å². The maximum Gasteiger partial charge on any atom is 0.330 e. The molecule has 2 aromatic rings. The van der Waals surface area contributed by atoms with Gasteiger partial charge in [0, 0.05) is 0 Å². The molecule has 2 rings (SSSR count). The van der Waals surface area contributed by atoms with Gasteiger partial charge in [0.1, 0.15) is 5.75 Å². The Morgan fingerprint density at radius 1 is 1.21 bits per heavy atom. The number of rotatable bonds is 5. The van der Waals surface area contributed by atoms with E-state index in [9.17, 15) is 0 Å². The third-order valence-corrected chi connectivity index (χ3v) is 2.42. The minimum atomic E-state index is 0.119. The van der Waals surface area contributed by atoms with Crippen LogP contribution in [0.1, 0.15) is 12.5 Å². The molecule has 1 aromatic heterocycles. The second-order valence-corrected chi connectivity index (χ2v) is 3.68. The first kappa shape index (κ1) is 13.0. The Bertz CT molecular complexity index is 539. The van der Waals surface area contributed by atoms with Gasteiger partial charge < -0.3 is 9.47 Å². The number of aromatic nitrogens is 3. The fourth-order valence-electron chi connectivity index (χ4n) is 1.47. The van der Waals surface area contributed by atoms with Crippen molar-refractivity contribution in [2.75, 3.05) is 12.5 Å². The third kappa shape index (κ3) is 3.29. The number of nitrogens with two attached hydrogens (primary N) is 1. The molecule has 7 heteroatoms. The molecule has 0 aliphatic rings. The first-order valence-corrected chi connectivity index (χ1v) is 5.78. The summed E-state index contributed by atoms with van der Waals surface area (Å²) in [6.45, 7) is 2.07. The van der Waals surface area contributed by atoms with Gasteiger partial charge in [-0.3, -0.25) is 5.43 Å². The molecule has 0 saturated carbocycles. The van der Waals surface area contributed by atoms with Crippen LogP contribution >= 0.6 is 0 Å². The van der Waals surface area contributed by atoms with E-state index in [-0.39, 0.29) is 18.0 Å². The van der Waals surface area contributed by atoms with Crippen molar-refractivity contribution in [3.05, 3.63) is 29.8 Å². The summed E-state index contributed by atoms with van der Waals surface area (Å²) in [5.41, 5.74) is 3.49. The lowest BCUT2D eigenvalue weighted by atomic mass is 10.2. The Balaban J connectivity index is 2.26. The van der Waals surface area contributed by atoms with Crippen LogP contribution in [0, 0.1) is 0 Å². The van der Waals surface area contributed by atoms with Crippen LogP contribution in [0.5, 0.6) is 17.8 Å². The zero-order valence-corrected chi connectivity index (χ0v) is 10.8. The molecule has 3 N–H and O–H groups in total. The number of nitrogens with one attached hydrogen (secondary N) is 1. The predicted octanol–water partition coefficient (Wildman–Crippen LogP) is 1.52. The van der Waals surface area contributed by atoms with E-state index in [1.165, 1.54) is 7.11 Å². The third-order valence-electron chi connectivity index (χ3n) is 2.42. The molecule has 1 aromatic carbocycles. The van der Waals surface area contributed by atoms with E-state index < -0.39 is 0 Å². The molecule has 0 unspecified atom stereocenters. The lowest BCUT2D eigenvalue weighted by molar-refractivity contribution is 0.360. The van der Waals surface area contributed by atoms with E-state index in [1.54, 1.807) is 0 Å². The van der Waals surface area contributed by atoms with E-state index in [0.717, 1.165) is 12.0 Å². The SMILES string of the molecule is CCc1cccc(Oc2nc(NN)nc(OC)n2)c1. The molecular formula is C12H15N5O2. The lowest BCUT2D eigenvalue weighted by Crippen LogP contribution is -2.12. The van der Waals surface area contributed by atoms with Gasteiger partial charge in [0.2, 0.25) is 5.95 Å². The van der Waals surface area contributed by atoms with Crippen molar-refractivity contribution in [1.82, 2.24) is 15.0 Å². The number of benzene rings is 1. The Morgan fingerprint density at radius 2 is 2.00 bits per heavy atom. The average molecular weight is 261 g/mol. The van der Waals surface area contributed by atoms with Gasteiger partial charge in [-0.15, -0.1) is 4.98 Å². The highest BCUT2D eigenvalue weighted by atomic mass is 16.5. The molecule has 0 saturated heterocycles. The standard InChI is InChI=1S/C12H15N5O2/c1-3-8-5-4-6-9(7-8)19-12-15-10(17-13)14-11(16-12)18-2/h4-7H,3,13H2,1-2H3,(H,14,15,16,17). The summed E-state index contributed by atoms with van der Waals surface area (Å²) in [4.78, 5) is 11.9. The van der Waals surface area contributed by atoms with E-state index in [4.69, 9.17) is 15.3 Å². The molecule has 100 valence electrons. The number of methoxy groups -OCH3 is 1. The zero-order valence-electron chi connectivity index (χ0n) is 10.8. The number of hydrazine groups is 1. The van der Waals surface area contributed by atoms with Crippen LogP contribution < -0.4 is 20.7 Å². The van der Waals surface area contributed by atoms with Crippen LogP contribution in [0.3, 0.4) is 0 Å². The lowest BCUT2D eigenvalue weighted by Gasteiger charge is -2.07. The van der Waals surface area contributed by atoms with Crippen molar-refractivity contribution in [3.63, 3.8) is 0 Å². The van der Waals surface area contributed by atoms with Gasteiger partial charge in [0.05, 0.1) is 7.11 Å². The Morgan fingerprint density at radius 3 is 2.68 bits per heavy atom. The number of anilines is 1. The summed E-state index contributed by atoms with van der Waals surface area (Å²) in [6.07, 6.45) is 0.924. The van der Waals surface area contributed by atoms with Crippen molar-refractivity contribution >= 4 is 5.95 Å². The fourth-order valence-corrected chi connectivity index (χ4v) is 1.47. The summed E-state index contributed by atoms with van der Waals surface area (Å²) in [6, 6.07) is 7.93. The van der Waals surface area contributed by atoms with Crippen molar-refractivity contribution in [1.29, 1.82) is 0 Å². The van der Waals surface area contributed by atoms with Gasteiger partial charge in [0.25, 0.3) is 0 Å². The molecule has 0 radical (unpaired) electrons. The highest BCUT2D eigenvalue weighted by Crippen LogP contribution is 2.21. The highest BCUT2D eigenvalue weighted by Gasteiger charge is 2.08. The zero-order chi connectivity index (χ0) is 13.7. The molecule has 0 aliphatic carbocycles. The molecule has 0 fully saturated rings. The second kappa shape index (κ2) is 5.96. The van der Waals surface area contributed by atoms with E-state index in [1.807, 2.05) is 24.3 Å². The summed E-state index contributed by atoms with van der Waals surface area (Å²) in [5.74, 6) is 6.09. The van der Waals surface area contributed by atoms with Gasteiger partial charge in [-0.1, -0.05) is 19.1 Å². The van der Waals surface area contributed by atoms with Crippen LogP contribution in [0.4, 0.5) is 5.95 Å². The van der Waals surface area contributed by atoms with Crippen molar-refractivity contribution in [2.45, 2.75) is 13.3 Å². The Hall–Kier alpha value is -2.41. The molecular weight excluding hydrogens is 246 g/mol. The quantitative estimate of drug-likeness (QED) is 0.622. The van der Waals surface area contributed by atoms with Gasteiger partial charge in [-0.25, -0.2) is 5.84 Å². The maximum absolute atomic E-state index is 5.57. The topological polar surface area (TPSA) is 95.2 Å². The van der Waals surface area contributed by atoms with Crippen LogP contribution in [-0.4, -0.2) is 22.1 Å². The smallest absolute Gasteiger partial charge is 0.330 e. The molecule has 1 heterocycles. The summed E-state index contributed by atoms with van der Waals surface area (Å²) < 4.78 is 10.5. The molecule has 0 amide bonds. The summed E-state index contributed by atoms with van der Waals surface area (Å²) in [7, 11) is 1.46. The summed E-state index contributed by atoms with van der Waals surface area (Å²) >= 11 is 0. The first-order valence-electron chi connectivity index (χ1n) is 5.78. The van der Waals surface area contributed by atoms with Crippen molar-refractivity contribution < 1.29 is 9.47 Å². The molecule has 19 heavy (non-hydrogen) atoms. The van der Waals surface area contributed by atoms with Gasteiger partial charge >= 0.3 is 12.0 Å². The van der Waals surface area contributed by atoms with Crippen LogP contribution in [-0.2, 0) is 6.42 Å². The van der Waals surface area contributed by atoms with Crippen LogP contribution in [0.2, 0.25) is 0 Å². The number of nitrogen functional groups attached to an aromatic ring is 1. The van der Waals surface area contributed by atoms with Gasteiger partial charge in [-0.2, -0.15) is 9.97 Å². The maximum atomic E-state index is 5.57. The second-order valence-electron chi connectivity index (χ2n) is 3.68. The Labute approximate surface area is 110 Å². The average Bonchev–Trinajstić information content (AvgIpc) is 2.47. The highest BCUT2D eigenvalue weighted by molar-refractivity contribution is 5.32. The normalized spacial score (nSPS) is 10.1. The molecule has 0 spiro atoms. The number of aryl methyl sites for hydroxylation is 1. The number of hydrogen-bond acceptors (Lipinski definition) is 7. The van der Waals surface area contributed by atoms with E-state index >= 15 is 0 Å². The first-order chi connectivity index (χ1) is 9.25. The minimum Gasteiger partial charge on any atom is -0.467 e. The predicted molar refractivity (Wildman–Crippen MR) is 70.1 cm³/mol. The molecule has 0 bridgehead atoms. The largest absolute Gasteiger partial charge is 0.467 e. The Kier molecular flexibility index (Phi) is 4.09. The summed E-state index contributed by atoms with van der Waals surface area (Å²) in [5, 5.41) is 0. The van der Waals surface area contributed by atoms with Gasteiger partial charge in [0.15, 0.2) is 0 Å². The monoisotopic (exact) mass is 261 g/mol. The van der Waals surface area contributed by atoms with E-state index in [0.29, 0.717) is 5.75 Å². The van der Waals surface area contributed by atoms with Crippen LogP contribution in [0.25, 0.3) is 0 Å². The van der Waals surface area contributed by atoms with Gasteiger partial charge in [-0.05, 0) is 24.1 Å². The van der Waals surface area contributed by atoms with E-state index in [2.05, 4.69) is 27.3 Å². The fraction of sp³-hybridized carbons (Fsp3) is 0.250. The van der Waals surface area contributed by atoms with Crippen LogP contribution in [0.15, 0.2) is 24.3 Å². The molecule has 7 nitrogen and oxygen atoms in total. The molecule has 0 atom stereocenters. The number of nitrogens with zero attached hydrogens (tertiary/aromatic N) is 3. The van der Waals surface area contributed by atoms with Crippen molar-refractivity contribution in [2.24, 2.45) is 5.84 Å².